The number of pyridine rings is 1. The summed E-state index contributed by atoms with van der Waals surface area (Å²) in [7, 11) is 0. The molecule has 2 aliphatic rings. The number of imide groups is 1. The van der Waals surface area contributed by atoms with E-state index in [9.17, 15) is 14.4 Å². The Bertz CT molecular complexity index is 628. The second-order valence-electron chi connectivity index (χ2n) is 5.92. The van der Waals surface area contributed by atoms with Gasteiger partial charge < -0.3 is 10.2 Å². The Labute approximate surface area is 128 Å². The van der Waals surface area contributed by atoms with Crippen LogP contribution < -0.4 is 15.5 Å². The molecule has 7 nitrogen and oxygen atoms in total. The highest BCUT2D eigenvalue weighted by Crippen LogP contribution is 2.39. The second kappa shape index (κ2) is 5.40. The molecular weight excluding hydrogens is 284 g/mol. The number of hydrogen-bond acceptors (Lipinski definition) is 5. The van der Waals surface area contributed by atoms with Crippen molar-refractivity contribution in [2.24, 2.45) is 5.41 Å². The lowest BCUT2D eigenvalue weighted by molar-refractivity contribution is -0.140. The van der Waals surface area contributed by atoms with E-state index in [1.807, 2.05) is 11.0 Å². The normalized spacial score (nSPS) is 24.5. The molecule has 0 aromatic carbocycles. The first-order valence-corrected chi connectivity index (χ1v) is 7.31. The van der Waals surface area contributed by atoms with Gasteiger partial charge in [0.15, 0.2) is 0 Å². The van der Waals surface area contributed by atoms with E-state index in [1.165, 1.54) is 6.92 Å². The highest BCUT2D eigenvalue weighted by atomic mass is 16.2. The van der Waals surface area contributed by atoms with E-state index in [4.69, 9.17) is 0 Å². The Morgan fingerprint density at radius 2 is 2.18 bits per heavy atom. The van der Waals surface area contributed by atoms with E-state index in [2.05, 4.69) is 15.6 Å². The zero-order valence-corrected chi connectivity index (χ0v) is 12.4. The van der Waals surface area contributed by atoms with Gasteiger partial charge in [-0.15, -0.1) is 0 Å². The van der Waals surface area contributed by atoms with Crippen molar-refractivity contribution in [1.82, 2.24) is 10.3 Å². The molecule has 2 N–H and O–H groups in total. The number of nitrogens with one attached hydrogen (secondary N) is 2. The van der Waals surface area contributed by atoms with Crippen LogP contribution in [-0.2, 0) is 14.4 Å². The number of carbonyl (C=O) groups excluding carboxylic acids is 3. The van der Waals surface area contributed by atoms with Crippen LogP contribution in [0.3, 0.4) is 0 Å². The van der Waals surface area contributed by atoms with Gasteiger partial charge in [-0.1, -0.05) is 0 Å². The molecule has 1 atom stereocenters. The summed E-state index contributed by atoms with van der Waals surface area (Å²) >= 11 is 0. The van der Waals surface area contributed by atoms with Crippen molar-refractivity contribution in [3.8, 4) is 0 Å². The minimum absolute atomic E-state index is 0.141. The summed E-state index contributed by atoms with van der Waals surface area (Å²) in [6.45, 7) is 2.74. The molecule has 0 bridgehead atoms. The number of anilines is 2. The topological polar surface area (TPSA) is 91.4 Å². The summed E-state index contributed by atoms with van der Waals surface area (Å²) in [5.41, 5.74) is 0.164. The van der Waals surface area contributed by atoms with Crippen molar-refractivity contribution in [2.45, 2.75) is 26.2 Å². The molecule has 1 spiro atoms. The van der Waals surface area contributed by atoms with Gasteiger partial charge in [-0.3, -0.25) is 19.7 Å². The first-order valence-electron chi connectivity index (χ1n) is 7.31. The van der Waals surface area contributed by atoms with Crippen molar-refractivity contribution in [3.05, 3.63) is 18.3 Å². The summed E-state index contributed by atoms with van der Waals surface area (Å²) < 4.78 is 0. The third kappa shape index (κ3) is 2.66. The fraction of sp³-hybridized carbons (Fsp3) is 0.467. The molecule has 2 aliphatic heterocycles. The molecule has 0 saturated carbocycles. The molecule has 2 fully saturated rings. The van der Waals surface area contributed by atoms with Gasteiger partial charge in [0.05, 0.1) is 17.3 Å². The van der Waals surface area contributed by atoms with Crippen LogP contribution in [0.25, 0.3) is 0 Å². The van der Waals surface area contributed by atoms with Crippen molar-refractivity contribution in [3.63, 3.8) is 0 Å². The molecule has 7 heteroatoms. The molecule has 3 rings (SSSR count). The van der Waals surface area contributed by atoms with Crippen LogP contribution >= 0.6 is 0 Å². The van der Waals surface area contributed by atoms with Crippen LogP contribution in [0.1, 0.15) is 26.2 Å². The maximum atomic E-state index is 12.2. The third-order valence-corrected chi connectivity index (χ3v) is 4.31. The summed E-state index contributed by atoms with van der Waals surface area (Å²) in [6, 6.07) is 3.62. The van der Waals surface area contributed by atoms with Gasteiger partial charge in [0.1, 0.15) is 5.82 Å². The van der Waals surface area contributed by atoms with Crippen LogP contribution in [0.5, 0.6) is 0 Å². The van der Waals surface area contributed by atoms with Crippen LogP contribution in [0.15, 0.2) is 18.3 Å². The molecular formula is C15H18N4O3. The maximum Gasteiger partial charge on any atom is 0.234 e. The van der Waals surface area contributed by atoms with Gasteiger partial charge in [0.25, 0.3) is 0 Å². The smallest absolute Gasteiger partial charge is 0.234 e. The van der Waals surface area contributed by atoms with Crippen molar-refractivity contribution in [1.29, 1.82) is 0 Å². The van der Waals surface area contributed by atoms with Gasteiger partial charge in [-0.05, 0) is 25.0 Å². The zero-order valence-electron chi connectivity index (χ0n) is 12.4. The number of carbonyl (C=O) groups is 3. The molecule has 3 heterocycles. The van der Waals surface area contributed by atoms with Crippen LogP contribution in [0, 0.1) is 5.41 Å². The SMILES string of the molecule is CC(=O)Nc1ccc(N2CCC3(CCC(=O)NC3=O)C2)nc1. The number of aromatic nitrogens is 1. The quantitative estimate of drug-likeness (QED) is 0.784. The minimum Gasteiger partial charge on any atom is -0.356 e. The van der Waals surface area contributed by atoms with Crippen molar-refractivity contribution < 1.29 is 14.4 Å². The molecule has 2 saturated heterocycles. The summed E-state index contributed by atoms with van der Waals surface area (Å²) in [6.07, 6.45) is 3.32. The van der Waals surface area contributed by atoms with Gasteiger partial charge in [-0.2, -0.15) is 0 Å². The number of hydrogen-bond donors (Lipinski definition) is 2. The monoisotopic (exact) mass is 302 g/mol. The lowest BCUT2D eigenvalue weighted by Gasteiger charge is -2.31. The molecule has 116 valence electrons. The Morgan fingerprint density at radius 1 is 1.36 bits per heavy atom. The molecule has 0 radical (unpaired) electrons. The van der Waals surface area contributed by atoms with Crippen molar-refractivity contribution >= 4 is 29.2 Å². The maximum absolute atomic E-state index is 12.2. The standard InChI is InChI=1S/C15H18N4O3/c1-10(20)17-11-2-3-12(16-8-11)19-7-6-15(9-19)5-4-13(21)18-14(15)22/h2-3,8H,4-7,9H2,1H3,(H,17,20)(H,18,21,22). The Hall–Kier alpha value is -2.44. The van der Waals surface area contributed by atoms with E-state index in [-0.39, 0.29) is 17.7 Å². The highest BCUT2D eigenvalue weighted by Gasteiger charge is 2.47. The predicted molar refractivity (Wildman–Crippen MR) is 80.2 cm³/mol. The largest absolute Gasteiger partial charge is 0.356 e. The molecule has 22 heavy (non-hydrogen) atoms. The molecule has 0 aliphatic carbocycles. The Balaban J connectivity index is 1.71. The summed E-state index contributed by atoms with van der Waals surface area (Å²) in [4.78, 5) is 40.8. The summed E-state index contributed by atoms with van der Waals surface area (Å²) in [5.74, 6) is 0.280. The number of amides is 3. The first-order chi connectivity index (χ1) is 10.5. The predicted octanol–water partition coefficient (Wildman–Crippen LogP) is 0.673. The van der Waals surface area contributed by atoms with Gasteiger partial charge in [0.2, 0.25) is 17.7 Å². The fourth-order valence-corrected chi connectivity index (χ4v) is 3.10. The van der Waals surface area contributed by atoms with Crippen LogP contribution in [0.4, 0.5) is 11.5 Å². The number of piperidine rings is 1. The number of nitrogens with zero attached hydrogens (tertiary/aromatic N) is 2. The second-order valence-corrected chi connectivity index (χ2v) is 5.92. The summed E-state index contributed by atoms with van der Waals surface area (Å²) in [5, 5.41) is 5.11. The van der Waals surface area contributed by atoms with E-state index < -0.39 is 5.41 Å². The van der Waals surface area contributed by atoms with Gasteiger partial charge in [0, 0.05) is 26.4 Å². The molecule has 3 amide bonds. The molecule has 1 aromatic heterocycles. The average Bonchev–Trinajstić information content (AvgIpc) is 2.89. The lowest BCUT2D eigenvalue weighted by atomic mass is 9.79. The first kappa shape index (κ1) is 14.5. The number of rotatable bonds is 2. The van der Waals surface area contributed by atoms with E-state index in [0.717, 1.165) is 18.8 Å². The molecule has 1 unspecified atom stereocenters. The minimum atomic E-state index is -0.480. The van der Waals surface area contributed by atoms with Crippen LogP contribution in [0.2, 0.25) is 0 Å². The van der Waals surface area contributed by atoms with E-state index in [0.29, 0.717) is 25.1 Å². The van der Waals surface area contributed by atoms with E-state index >= 15 is 0 Å². The fourth-order valence-electron chi connectivity index (χ4n) is 3.10. The molecule has 1 aromatic rings. The van der Waals surface area contributed by atoms with E-state index in [1.54, 1.807) is 12.3 Å². The lowest BCUT2D eigenvalue weighted by Crippen LogP contribution is -2.50. The zero-order chi connectivity index (χ0) is 15.7. The highest BCUT2D eigenvalue weighted by molar-refractivity contribution is 6.01. The van der Waals surface area contributed by atoms with Crippen molar-refractivity contribution in [2.75, 3.05) is 23.3 Å². The average molecular weight is 302 g/mol. The Kier molecular flexibility index (Phi) is 3.56. The third-order valence-electron chi connectivity index (χ3n) is 4.31. The van der Waals surface area contributed by atoms with Crippen LogP contribution in [-0.4, -0.2) is 35.8 Å². The Morgan fingerprint density at radius 3 is 2.82 bits per heavy atom. The van der Waals surface area contributed by atoms with Gasteiger partial charge >= 0.3 is 0 Å². The van der Waals surface area contributed by atoms with Gasteiger partial charge in [-0.25, -0.2) is 4.98 Å².